The molecule has 0 atom stereocenters. The van der Waals surface area contributed by atoms with Gasteiger partial charge >= 0.3 is 0 Å². The minimum atomic E-state index is -0.560. The lowest BCUT2D eigenvalue weighted by Gasteiger charge is -2.02. The molecule has 0 unspecified atom stereocenters. The highest BCUT2D eigenvalue weighted by atomic mass is 35.5. The molecule has 0 spiro atoms. The van der Waals surface area contributed by atoms with Crippen LogP contribution in [-0.4, -0.2) is 15.0 Å². The van der Waals surface area contributed by atoms with E-state index in [0.717, 1.165) is 0 Å². The number of hydrogen-bond acceptors (Lipinski definition) is 3. The summed E-state index contributed by atoms with van der Waals surface area (Å²) < 4.78 is 27.0. The van der Waals surface area contributed by atoms with Crippen molar-refractivity contribution >= 4 is 34.5 Å². The Morgan fingerprint density at radius 1 is 1.25 bits per heavy atom. The van der Waals surface area contributed by atoms with Crippen LogP contribution >= 0.6 is 23.4 Å². The van der Waals surface area contributed by atoms with E-state index in [1.54, 1.807) is 6.07 Å². The number of thioether (sulfide) groups is 1. The molecule has 0 saturated carbocycles. The Kier molecular flexibility index (Phi) is 3.58. The van der Waals surface area contributed by atoms with Gasteiger partial charge in [0.1, 0.15) is 11.6 Å². The van der Waals surface area contributed by atoms with Gasteiger partial charge in [-0.25, -0.2) is 18.7 Å². The molecule has 0 amide bonds. The zero-order chi connectivity index (χ0) is 14.1. The fourth-order valence-electron chi connectivity index (χ4n) is 1.73. The standard InChI is InChI=1S/C13H8ClF2N3S/c14-7-4-11-12(17-5-7)19-13(18-11)20-6-8-9(15)2-1-3-10(8)16/h1-5H,6H2,(H,17,18,19). The first kappa shape index (κ1) is 13.3. The SMILES string of the molecule is Fc1cccc(F)c1CSc1nc2ncc(Cl)cc2[nH]1. The predicted octanol–water partition coefficient (Wildman–Crippen LogP) is 4.18. The summed E-state index contributed by atoms with van der Waals surface area (Å²) in [6.07, 6.45) is 1.50. The summed E-state index contributed by atoms with van der Waals surface area (Å²) in [4.78, 5) is 11.3. The quantitative estimate of drug-likeness (QED) is 0.738. The Balaban J connectivity index is 1.83. The van der Waals surface area contributed by atoms with Gasteiger partial charge in [0.05, 0.1) is 10.5 Å². The smallest absolute Gasteiger partial charge is 0.178 e. The largest absolute Gasteiger partial charge is 0.331 e. The fraction of sp³-hybridized carbons (Fsp3) is 0.0769. The number of imidazole rings is 1. The molecule has 0 bridgehead atoms. The maximum Gasteiger partial charge on any atom is 0.178 e. The Morgan fingerprint density at radius 2 is 2.00 bits per heavy atom. The summed E-state index contributed by atoms with van der Waals surface area (Å²) in [6, 6.07) is 5.51. The van der Waals surface area contributed by atoms with Crippen molar-refractivity contribution in [1.29, 1.82) is 0 Å². The van der Waals surface area contributed by atoms with E-state index in [1.165, 1.54) is 36.2 Å². The number of H-pyrrole nitrogens is 1. The lowest BCUT2D eigenvalue weighted by atomic mass is 10.2. The van der Waals surface area contributed by atoms with E-state index in [1.807, 2.05) is 0 Å². The predicted molar refractivity (Wildman–Crippen MR) is 74.8 cm³/mol. The number of benzene rings is 1. The van der Waals surface area contributed by atoms with E-state index in [4.69, 9.17) is 11.6 Å². The topological polar surface area (TPSA) is 41.6 Å². The Hall–Kier alpha value is -1.66. The van der Waals surface area contributed by atoms with Gasteiger partial charge in [-0.3, -0.25) is 0 Å². The van der Waals surface area contributed by atoms with Crippen molar-refractivity contribution in [2.75, 3.05) is 0 Å². The van der Waals surface area contributed by atoms with E-state index in [-0.39, 0.29) is 11.3 Å². The maximum absolute atomic E-state index is 13.5. The molecule has 0 aliphatic carbocycles. The minimum Gasteiger partial charge on any atom is -0.331 e. The van der Waals surface area contributed by atoms with Crippen LogP contribution in [0.2, 0.25) is 5.02 Å². The number of rotatable bonds is 3. The second-order valence-corrected chi connectivity index (χ2v) is 5.46. The second kappa shape index (κ2) is 5.38. The molecule has 2 heterocycles. The number of hydrogen-bond donors (Lipinski definition) is 1. The molecule has 7 heteroatoms. The van der Waals surface area contributed by atoms with Crippen molar-refractivity contribution < 1.29 is 8.78 Å². The first-order chi connectivity index (χ1) is 9.63. The van der Waals surface area contributed by atoms with Gasteiger partial charge < -0.3 is 4.98 Å². The second-order valence-electron chi connectivity index (χ2n) is 4.06. The zero-order valence-corrected chi connectivity index (χ0v) is 11.6. The van der Waals surface area contributed by atoms with Gasteiger partial charge in [0.2, 0.25) is 0 Å². The Labute approximate surface area is 122 Å². The molecule has 0 radical (unpaired) electrons. The molecule has 3 rings (SSSR count). The number of aromatic amines is 1. The molecule has 102 valence electrons. The van der Waals surface area contributed by atoms with Gasteiger partial charge in [-0.2, -0.15) is 0 Å². The molecule has 3 aromatic rings. The summed E-state index contributed by atoms with van der Waals surface area (Å²) in [6.45, 7) is 0. The Morgan fingerprint density at radius 3 is 2.75 bits per heavy atom. The molecule has 1 N–H and O–H groups in total. The van der Waals surface area contributed by atoms with Crippen LogP contribution in [0.25, 0.3) is 11.2 Å². The molecule has 0 fully saturated rings. The summed E-state index contributed by atoms with van der Waals surface area (Å²) in [5, 5.41) is 1.04. The van der Waals surface area contributed by atoms with Crippen LogP contribution in [0.15, 0.2) is 35.6 Å². The van der Waals surface area contributed by atoms with Crippen molar-refractivity contribution in [3.8, 4) is 0 Å². The van der Waals surface area contributed by atoms with Gasteiger partial charge in [-0.15, -0.1) is 0 Å². The number of nitrogens with zero attached hydrogens (tertiary/aromatic N) is 2. The number of pyridine rings is 1. The molecule has 1 aromatic carbocycles. The van der Waals surface area contributed by atoms with E-state index >= 15 is 0 Å². The first-order valence-corrected chi connectivity index (χ1v) is 7.07. The van der Waals surface area contributed by atoms with Crippen molar-refractivity contribution in [3.05, 3.63) is 52.7 Å². The number of halogens is 3. The summed E-state index contributed by atoms with van der Waals surface area (Å²) in [5.74, 6) is -0.976. The lowest BCUT2D eigenvalue weighted by molar-refractivity contribution is 0.566. The summed E-state index contributed by atoms with van der Waals surface area (Å²) in [7, 11) is 0. The first-order valence-electron chi connectivity index (χ1n) is 5.70. The van der Waals surface area contributed by atoms with Crippen LogP contribution in [0, 0.1) is 11.6 Å². The van der Waals surface area contributed by atoms with E-state index in [9.17, 15) is 8.78 Å². The average molecular weight is 312 g/mol. The van der Waals surface area contributed by atoms with Gasteiger partial charge in [-0.05, 0) is 18.2 Å². The van der Waals surface area contributed by atoms with E-state index in [2.05, 4.69) is 15.0 Å². The number of nitrogens with one attached hydrogen (secondary N) is 1. The average Bonchev–Trinajstić information content (AvgIpc) is 2.80. The normalized spacial score (nSPS) is 11.2. The molecular formula is C13H8ClF2N3S. The third-order valence-corrected chi connectivity index (χ3v) is 3.80. The maximum atomic E-state index is 13.5. The van der Waals surface area contributed by atoms with Crippen LogP contribution in [0.1, 0.15) is 5.56 Å². The van der Waals surface area contributed by atoms with E-state index < -0.39 is 11.6 Å². The molecule has 0 saturated heterocycles. The minimum absolute atomic E-state index is 0.0314. The third-order valence-electron chi connectivity index (χ3n) is 2.70. The molecule has 0 aliphatic rings. The van der Waals surface area contributed by atoms with Crippen LogP contribution in [-0.2, 0) is 5.75 Å². The van der Waals surface area contributed by atoms with Crippen molar-refractivity contribution in [1.82, 2.24) is 15.0 Å². The van der Waals surface area contributed by atoms with Gasteiger partial charge in [0.15, 0.2) is 10.8 Å². The third kappa shape index (κ3) is 2.62. The molecule has 2 aromatic heterocycles. The molecule has 0 aliphatic heterocycles. The summed E-state index contributed by atoms with van der Waals surface area (Å²) in [5.41, 5.74) is 1.24. The van der Waals surface area contributed by atoms with Crippen LogP contribution < -0.4 is 0 Å². The highest BCUT2D eigenvalue weighted by molar-refractivity contribution is 7.98. The Bertz CT molecular complexity index is 755. The monoisotopic (exact) mass is 311 g/mol. The van der Waals surface area contributed by atoms with Crippen LogP contribution in [0.5, 0.6) is 0 Å². The van der Waals surface area contributed by atoms with Gasteiger partial charge in [0.25, 0.3) is 0 Å². The van der Waals surface area contributed by atoms with Crippen molar-refractivity contribution in [3.63, 3.8) is 0 Å². The van der Waals surface area contributed by atoms with Crippen LogP contribution in [0.3, 0.4) is 0 Å². The van der Waals surface area contributed by atoms with Gasteiger partial charge in [0, 0.05) is 17.5 Å². The molecular weight excluding hydrogens is 304 g/mol. The fourth-order valence-corrected chi connectivity index (χ4v) is 2.78. The highest BCUT2D eigenvalue weighted by Crippen LogP contribution is 2.25. The van der Waals surface area contributed by atoms with Crippen molar-refractivity contribution in [2.24, 2.45) is 0 Å². The van der Waals surface area contributed by atoms with Gasteiger partial charge in [-0.1, -0.05) is 29.4 Å². The van der Waals surface area contributed by atoms with E-state index in [0.29, 0.717) is 21.3 Å². The van der Waals surface area contributed by atoms with Crippen LogP contribution in [0.4, 0.5) is 8.78 Å². The molecule has 20 heavy (non-hydrogen) atoms. The molecule has 3 nitrogen and oxygen atoms in total. The summed E-state index contributed by atoms with van der Waals surface area (Å²) >= 11 is 7.03. The zero-order valence-electron chi connectivity index (χ0n) is 10.0. The number of aromatic nitrogens is 3. The number of fused-ring (bicyclic) bond motifs is 1. The lowest BCUT2D eigenvalue weighted by Crippen LogP contribution is -1.93. The highest BCUT2D eigenvalue weighted by Gasteiger charge is 2.11. The van der Waals surface area contributed by atoms with Crippen molar-refractivity contribution in [2.45, 2.75) is 10.9 Å².